The van der Waals surface area contributed by atoms with Gasteiger partial charge in [0.1, 0.15) is 17.6 Å². The number of rotatable bonds is 15. The zero-order valence-corrected chi connectivity index (χ0v) is 27.2. The minimum absolute atomic E-state index is 0.0345. The molecular formula is C39H46O7. The largest absolute Gasteiger partial charge is 0.494 e. The van der Waals surface area contributed by atoms with Crippen molar-refractivity contribution in [3.05, 3.63) is 96.6 Å². The van der Waals surface area contributed by atoms with Crippen molar-refractivity contribution in [2.45, 2.75) is 71.8 Å². The van der Waals surface area contributed by atoms with Crippen LogP contribution in [0.2, 0.25) is 0 Å². The second kappa shape index (κ2) is 17.3. The van der Waals surface area contributed by atoms with Crippen LogP contribution in [0.15, 0.2) is 85.5 Å². The summed E-state index contributed by atoms with van der Waals surface area (Å²) in [5.74, 6) is 1.47. The van der Waals surface area contributed by atoms with Crippen LogP contribution in [0.1, 0.15) is 86.4 Å². The number of esters is 3. The number of carbonyl (C=O) groups is 3. The van der Waals surface area contributed by atoms with Gasteiger partial charge in [0.15, 0.2) is 0 Å². The van der Waals surface area contributed by atoms with E-state index in [0.717, 1.165) is 49.7 Å². The first kappa shape index (κ1) is 34.5. The van der Waals surface area contributed by atoms with Gasteiger partial charge in [0.05, 0.1) is 24.3 Å². The predicted octanol–water partition coefficient (Wildman–Crippen LogP) is 8.86. The van der Waals surface area contributed by atoms with Crippen molar-refractivity contribution in [3.63, 3.8) is 0 Å². The SMILES string of the molecule is C=CC(=O)OCCCCCCOc1ccc(C(=O)Oc2ccc(-c3ccc(C(=O)OC4CC(C)CCC4C(C)C)cc3)cc2)cc1. The highest BCUT2D eigenvalue weighted by Crippen LogP contribution is 2.36. The summed E-state index contributed by atoms with van der Waals surface area (Å²) in [7, 11) is 0. The van der Waals surface area contributed by atoms with Crippen molar-refractivity contribution in [3.8, 4) is 22.6 Å². The molecule has 244 valence electrons. The fraction of sp³-hybridized carbons (Fsp3) is 0.410. The van der Waals surface area contributed by atoms with E-state index in [1.54, 1.807) is 36.4 Å². The van der Waals surface area contributed by atoms with Crippen LogP contribution < -0.4 is 9.47 Å². The Bertz CT molecular complexity index is 1420. The van der Waals surface area contributed by atoms with E-state index in [-0.39, 0.29) is 12.1 Å². The average molecular weight is 627 g/mol. The van der Waals surface area contributed by atoms with Gasteiger partial charge < -0.3 is 18.9 Å². The van der Waals surface area contributed by atoms with Crippen LogP contribution in [0.25, 0.3) is 11.1 Å². The van der Waals surface area contributed by atoms with Crippen LogP contribution in [0.4, 0.5) is 0 Å². The Labute approximate surface area is 272 Å². The molecule has 3 aromatic carbocycles. The molecule has 1 fully saturated rings. The highest BCUT2D eigenvalue weighted by Gasteiger charge is 2.33. The van der Waals surface area contributed by atoms with Crippen LogP contribution in [-0.2, 0) is 14.3 Å². The van der Waals surface area contributed by atoms with Gasteiger partial charge in [-0.2, -0.15) is 0 Å². The minimum Gasteiger partial charge on any atom is -0.494 e. The number of unbranched alkanes of at least 4 members (excludes halogenated alkanes) is 3. The lowest BCUT2D eigenvalue weighted by Crippen LogP contribution is -2.35. The predicted molar refractivity (Wildman–Crippen MR) is 179 cm³/mol. The molecule has 0 heterocycles. The molecule has 0 saturated heterocycles. The lowest BCUT2D eigenvalue weighted by molar-refractivity contribution is -0.137. The molecule has 1 saturated carbocycles. The molecule has 7 heteroatoms. The van der Waals surface area contributed by atoms with Crippen LogP contribution in [0.3, 0.4) is 0 Å². The summed E-state index contributed by atoms with van der Waals surface area (Å²) in [6.45, 7) is 11.0. The standard InChI is InChI=1S/C39H46O7/c1-5-37(40)44-25-9-7-6-8-24-43-33-19-17-32(18-20-33)38(41)45-34-21-15-30(16-22-34)29-11-13-31(14-12-29)39(42)46-36-26-28(4)10-23-35(36)27(2)3/h5,11-22,27-28,35-36H,1,6-10,23-26H2,2-4H3. The van der Waals surface area contributed by atoms with Gasteiger partial charge in [0, 0.05) is 6.08 Å². The average Bonchev–Trinajstić information content (AvgIpc) is 3.06. The Kier molecular flexibility index (Phi) is 13.0. The summed E-state index contributed by atoms with van der Waals surface area (Å²) < 4.78 is 22.3. The summed E-state index contributed by atoms with van der Waals surface area (Å²) in [5, 5.41) is 0. The van der Waals surface area contributed by atoms with Gasteiger partial charge in [-0.15, -0.1) is 0 Å². The van der Waals surface area contributed by atoms with Gasteiger partial charge >= 0.3 is 17.9 Å². The highest BCUT2D eigenvalue weighted by molar-refractivity contribution is 5.91. The second-order valence-corrected chi connectivity index (χ2v) is 12.4. The number of ether oxygens (including phenoxy) is 4. The number of hydrogen-bond acceptors (Lipinski definition) is 7. The monoisotopic (exact) mass is 626 g/mol. The minimum atomic E-state index is -0.452. The first-order chi connectivity index (χ1) is 22.2. The molecule has 0 amide bonds. The fourth-order valence-corrected chi connectivity index (χ4v) is 5.80. The topological polar surface area (TPSA) is 88.1 Å². The van der Waals surface area contributed by atoms with Crippen LogP contribution in [0.5, 0.6) is 11.5 Å². The van der Waals surface area contributed by atoms with Gasteiger partial charge in [0.25, 0.3) is 0 Å². The Morgan fingerprint density at radius 3 is 1.96 bits per heavy atom. The van der Waals surface area contributed by atoms with Crippen molar-refractivity contribution in [1.29, 1.82) is 0 Å². The van der Waals surface area contributed by atoms with Crippen molar-refractivity contribution >= 4 is 17.9 Å². The molecule has 3 unspecified atom stereocenters. The molecule has 1 aliphatic rings. The normalized spacial score (nSPS) is 17.6. The molecule has 3 atom stereocenters. The maximum Gasteiger partial charge on any atom is 0.343 e. The third kappa shape index (κ3) is 10.3. The van der Waals surface area contributed by atoms with E-state index in [1.165, 1.54) is 12.5 Å². The molecule has 3 aromatic rings. The number of hydrogen-bond donors (Lipinski definition) is 0. The van der Waals surface area contributed by atoms with Crippen molar-refractivity contribution in [1.82, 2.24) is 0 Å². The Morgan fingerprint density at radius 1 is 0.761 bits per heavy atom. The first-order valence-electron chi connectivity index (χ1n) is 16.4. The molecule has 46 heavy (non-hydrogen) atoms. The molecular weight excluding hydrogens is 580 g/mol. The maximum absolute atomic E-state index is 13.0. The number of carbonyl (C=O) groups excluding carboxylic acids is 3. The van der Waals surface area contributed by atoms with E-state index in [4.69, 9.17) is 18.9 Å². The quantitative estimate of drug-likeness (QED) is 0.0721. The molecule has 0 radical (unpaired) electrons. The highest BCUT2D eigenvalue weighted by atomic mass is 16.5. The molecule has 0 aromatic heterocycles. The van der Waals surface area contributed by atoms with Crippen LogP contribution in [-0.4, -0.2) is 37.2 Å². The summed E-state index contributed by atoms with van der Waals surface area (Å²) in [4.78, 5) is 36.7. The van der Waals surface area contributed by atoms with Gasteiger partial charge in [-0.1, -0.05) is 58.0 Å². The van der Waals surface area contributed by atoms with E-state index in [2.05, 4.69) is 27.4 Å². The summed E-state index contributed by atoms with van der Waals surface area (Å²) in [6.07, 6.45) is 7.94. The van der Waals surface area contributed by atoms with Crippen molar-refractivity contribution < 1.29 is 33.3 Å². The van der Waals surface area contributed by atoms with E-state index in [1.807, 2.05) is 36.4 Å². The Hall–Kier alpha value is -4.39. The lowest BCUT2D eigenvalue weighted by atomic mass is 9.75. The third-order valence-electron chi connectivity index (χ3n) is 8.55. The van der Waals surface area contributed by atoms with Gasteiger partial charge in [-0.3, -0.25) is 0 Å². The molecule has 7 nitrogen and oxygen atoms in total. The maximum atomic E-state index is 13.0. The number of benzene rings is 3. The zero-order chi connectivity index (χ0) is 32.9. The van der Waals surface area contributed by atoms with Crippen molar-refractivity contribution in [2.24, 2.45) is 17.8 Å². The molecule has 4 rings (SSSR count). The molecule has 1 aliphatic carbocycles. The van der Waals surface area contributed by atoms with Crippen LogP contribution in [0, 0.1) is 17.8 Å². The van der Waals surface area contributed by atoms with Crippen molar-refractivity contribution in [2.75, 3.05) is 13.2 Å². The van der Waals surface area contributed by atoms with E-state index in [9.17, 15) is 14.4 Å². The van der Waals surface area contributed by atoms with Gasteiger partial charge in [0.2, 0.25) is 0 Å². The first-order valence-corrected chi connectivity index (χ1v) is 16.4. The summed E-state index contributed by atoms with van der Waals surface area (Å²) in [6, 6.07) is 21.6. The van der Waals surface area contributed by atoms with E-state index in [0.29, 0.717) is 53.6 Å². The van der Waals surface area contributed by atoms with Crippen LogP contribution >= 0.6 is 0 Å². The van der Waals surface area contributed by atoms with E-state index < -0.39 is 11.9 Å². The summed E-state index contributed by atoms with van der Waals surface area (Å²) >= 11 is 0. The second-order valence-electron chi connectivity index (χ2n) is 12.4. The fourth-order valence-electron chi connectivity index (χ4n) is 5.80. The zero-order valence-electron chi connectivity index (χ0n) is 27.2. The smallest absolute Gasteiger partial charge is 0.343 e. The van der Waals surface area contributed by atoms with Gasteiger partial charge in [-0.05, 0) is 116 Å². The molecule has 0 aliphatic heterocycles. The third-order valence-corrected chi connectivity index (χ3v) is 8.55. The van der Waals surface area contributed by atoms with E-state index >= 15 is 0 Å². The molecule has 0 N–H and O–H groups in total. The molecule has 0 bridgehead atoms. The summed E-state index contributed by atoms with van der Waals surface area (Å²) in [5.41, 5.74) is 2.87. The van der Waals surface area contributed by atoms with Gasteiger partial charge in [-0.25, -0.2) is 14.4 Å². The Balaban J connectivity index is 1.21. The Morgan fingerprint density at radius 2 is 1.33 bits per heavy atom. The molecule has 0 spiro atoms. The lowest BCUT2D eigenvalue weighted by Gasteiger charge is -2.36.